The first kappa shape index (κ1) is 12.6. The number of rotatable bonds is 5. The van der Waals surface area contributed by atoms with Crippen molar-refractivity contribution in [2.45, 2.75) is 0 Å². The third-order valence-corrected chi connectivity index (χ3v) is 3.08. The van der Waals surface area contributed by atoms with Crippen LogP contribution in [0.3, 0.4) is 0 Å². The van der Waals surface area contributed by atoms with Gasteiger partial charge < -0.3 is 4.90 Å². The highest BCUT2D eigenvalue weighted by atomic mass is 127. The van der Waals surface area contributed by atoms with E-state index in [0.717, 1.165) is 22.0 Å². The molecule has 0 amide bonds. The lowest BCUT2D eigenvalue weighted by Gasteiger charge is -2.22. The molecule has 0 heterocycles. The zero-order valence-corrected chi connectivity index (χ0v) is 12.2. The largest absolute Gasteiger partial charge is 0.370 e. The second-order valence-corrected chi connectivity index (χ2v) is 5.21. The molecule has 4 heteroatoms. The van der Waals surface area contributed by atoms with E-state index < -0.39 is 0 Å². The average Bonchev–Trinajstić information content (AvgIpc) is 2.19. The van der Waals surface area contributed by atoms with Crippen LogP contribution in [0.2, 0.25) is 0 Å². The van der Waals surface area contributed by atoms with Gasteiger partial charge >= 0.3 is 0 Å². The maximum Gasteiger partial charge on any atom is 0.0399 e. The van der Waals surface area contributed by atoms with Gasteiger partial charge in [0.2, 0.25) is 0 Å². The first-order chi connectivity index (χ1) is 6.77. The Hall–Kier alpha value is 0.520. The molecule has 0 unspecified atom stereocenters. The Kier molecular flexibility index (Phi) is 6.21. The Morgan fingerprint density at radius 2 is 1.86 bits per heavy atom. The van der Waals surface area contributed by atoms with Crippen molar-refractivity contribution >= 4 is 55.8 Å². The molecule has 0 aliphatic rings. The predicted molar refractivity (Wildman–Crippen MR) is 76.0 cm³/mol. The summed E-state index contributed by atoms with van der Waals surface area (Å²) in [7, 11) is 0. The molecule has 1 aromatic rings. The van der Waals surface area contributed by atoms with Gasteiger partial charge in [0.25, 0.3) is 0 Å². The van der Waals surface area contributed by atoms with Crippen LogP contribution in [0, 0.1) is 0 Å². The van der Waals surface area contributed by atoms with Crippen molar-refractivity contribution in [2.24, 2.45) is 0 Å². The van der Waals surface area contributed by atoms with Gasteiger partial charge in [-0.15, -0.1) is 11.6 Å². The van der Waals surface area contributed by atoms with Crippen molar-refractivity contribution in [3.05, 3.63) is 28.7 Å². The van der Waals surface area contributed by atoms with Gasteiger partial charge in [-0.3, -0.25) is 0 Å². The minimum Gasteiger partial charge on any atom is -0.370 e. The molecule has 0 radical (unpaired) electrons. The van der Waals surface area contributed by atoms with E-state index in [9.17, 15) is 0 Å². The lowest BCUT2D eigenvalue weighted by molar-refractivity contribution is 0.882. The van der Waals surface area contributed by atoms with Crippen LogP contribution < -0.4 is 4.90 Å². The Morgan fingerprint density at radius 1 is 1.21 bits per heavy atom. The van der Waals surface area contributed by atoms with Crippen LogP contribution >= 0.6 is 50.1 Å². The van der Waals surface area contributed by atoms with Crippen LogP contribution in [-0.2, 0) is 0 Å². The van der Waals surface area contributed by atoms with Gasteiger partial charge in [-0.1, -0.05) is 38.5 Å². The highest BCUT2D eigenvalue weighted by Crippen LogP contribution is 2.18. The van der Waals surface area contributed by atoms with Crippen molar-refractivity contribution in [1.82, 2.24) is 0 Å². The quantitative estimate of drug-likeness (QED) is 0.546. The highest BCUT2D eigenvalue weighted by Gasteiger charge is 2.03. The minimum absolute atomic E-state index is 0.673. The first-order valence-corrected chi connectivity index (χ1v) is 7.25. The molecular formula is C10H12BrClIN. The molecule has 0 saturated heterocycles. The zero-order chi connectivity index (χ0) is 10.4. The molecule has 0 aliphatic carbocycles. The minimum atomic E-state index is 0.673. The standard InChI is InChI=1S/C10H12BrClIN/c11-9-1-3-10(4-2-9)14(7-5-12)8-6-13/h1-4H,5-8H2. The second kappa shape index (κ2) is 6.90. The van der Waals surface area contributed by atoms with Gasteiger partial charge in [0.1, 0.15) is 0 Å². The fourth-order valence-corrected chi connectivity index (χ4v) is 2.28. The molecule has 1 nitrogen and oxygen atoms in total. The van der Waals surface area contributed by atoms with E-state index >= 15 is 0 Å². The van der Waals surface area contributed by atoms with Crippen LogP contribution in [0.5, 0.6) is 0 Å². The fourth-order valence-electron chi connectivity index (χ4n) is 1.23. The topological polar surface area (TPSA) is 3.24 Å². The number of benzene rings is 1. The summed E-state index contributed by atoms with van der Waals surface area (Å²) in [5.74, 6) is 0.673. The lowest BCUT2D eigenvalue weighted by atomic mass is 10.3. The summed E-state index contributed by atoms with van der Waals surface area (Å²) in [4.78, 5) is 2.30. The average molecular weight is 388 g/mol. The lowest BCUT2D eigenvalue weighted by Crippen LogP contribution is -2.27. The van der Waals surface area contributed by atoms with Crippen LogP contribution in [-0.4, -0.2) is 23.4 Å². The maximum absolute atomic E-state index is 5.76. The van der Waals surface area contributed by atoms with Crippen LogP contribution in [0.25, 0.3) is 0 Å². The summed E-state index contributed by atoms with van der Waals surface area (Å²) in [6.45, 7) is 1.96. The SMILES string of the molecule is ClCCN(CCI)c1ccc(Br)cc1. The molecule has 14 heavy (non-hydrogen) atoms. The first-order valence-electron chi connectivity index (χ1n) is 4.40. The smallest absolute Gasteiger partial charge is 0.0399 e. The van der Waals surface area contributed by atoms with E-state index in [-0.39, 0.29) is 0 Å². The molecule has 0 fully saturated rings. The third kappa shape index (κ3) is 3.95. The van der Waals surface area contributed by atoms with Gasteiger partial charge in [-0.25, -0.2) is 0 Å². The van der Waals surface area contributed by atoms with E-state index in [1.165, 1.54) is 5.69 Å². The van der Waals surface area contributed by atoms with E-state index in [4.69, 9.17) is 11.6 Å². The summed E-state index contributed by atoms with van der Waals surface area (Å²) >= 11 is 11.6. The molecule has 1 rings (SSSR count). The Morgan fingerprint density at radius 3 is 2.36 bits per heavy atom. The van der Waals surface area contributed by atoms with Crippen molar-refractivity contribution in [3.8, 4) is 0 Å². The molecule has 1 aromatic carbocycles. The van der Waals surface area contributed by atoms with E-state index in [1.54, 1.807) is 0 Å². The van der Waals surface area contributed by atoms with Crippen LogP contribution in [0.1, 0.15) is 0 Å². The predicted octanol–water partition coefficient (Wildman–Crippen LogP) is 3.93. The van der Waals surface area contributed by atoms with Gasteiger partial charge in [0.05, 0.1) is 0 Å². The molecule has 78 valence electrons. The molecule has 0 atom stereocenters. The molecule has 0 spiro atoms. The number of hydrogen-bond acceptors (Lipinski definition) is 1. The summed E-state index contributed by atoms with van der Waals surface area (Å²) in [6.07, 6.45) is 0. The number of anilines is 1. The van der Waals surface area contributed by atoms with Crippen molar-refractivity contribution in [3.63, 3.8) is 0 Å². The Labute approximate surface area is 112 Å². The second-order valence-electron chi connectivity index (χ2n) is 2.84. The fraction of sp³-hybridized carbons (Fsp3) is 0.400. The monoisotopic (exact) mass is 387 g/mol. The summed E-state index contributed by atoms with van der Waals surface area (Å²) in [6, 6.07) is 8.35. The highest BCUT2D eigenvalue weighted by molar-refractivity contribution is 14.1. The summed E-state index contributed by atoms with van der Waals surface area (Å²) in [5.41, 5.74) is 1.24. The van der Waals surface area contributed by atoms with E-state index in [1.807, 2.05) is 0 Å². The van der Waals surface area contributed by atoms with E-state index in [2.05, 4.69) is 67.7 Å². The van der Waals surface area contributed by atoms with Crippen LogP contribution in [0.4, 0.5) is 5.69 Å². The Bertz CT molecular complexity index is 259. The zero-order valence-electron chi connectivity index (χ0n) is 7.72. The van der Waals surface area contributed by atoms with Gasteiger partial charge in [-0.05, 0) is 24.3 Å². The normalized spacial score (nSPS) is 10.2. The number of halogens is 3. The van der Waals surface area contributed by atoms with E-state index in [0.29, 0.717) is 5.88 Å². The number of alkyl halides is 2. The van der Waals surface area contributed by atoms with Gasteiger partial charge in [0, 0.05) is 33.6 Å². The molecule has 0 N–H and O–H groups in total. The van der Waals surface area contributed by atoms with Gasteiger partial charge in [-0.2, -0.15) is 0 Å². The molecule has 0 saturated carbocycles. The van der Waals surface area contributed by atoms with Crippen LogP contribution in [0.15, 0.2) is 28.7 Å². The van der Waals surface area contributed by atoms with Crippen molar-refractivity contribution < 1.29 is 0 Å². The van der Waals surface area contributed by atoms with Gasteiger partial charge in [0.15, 0.2) is 0 Å². The number of hydrogen-bond donors (Lipinski definition) is 0. The summed E-state index contributed by atoms with van der Waals surface area (Å²) in [5, 5.41) is 0. The molecule has 0 bridgehead atoms. The Balaban J connectivity index is 2.71. The van der Waals surface area contributed by atoms with Crippen molar-refractivity contribution in [2.75, 3.05) is 28.3 Å². The molecule has 0 aromatic heterocycles. The number of nitrogens with zero attached hydrogens (tertiary/aromatic N) is 1. The summed E-state index contributed by atoms with van der Waals surface area (Å²) < 4.78 is 2.23. The molecule has 0 aliphatic heterocycles. The maximum atomic E-state index is 5.76. The third-order valence-electron chi connectivity index (χ3n) is 1.90. The van der Waals surface area contributed by atoms with Crippen molar-refractivity contribution in [1.29, 1.82) is 0 Å². The molecular weight excluding hydrogens is 376 g/mol.